The predicted molar refractivity (Wildman–Crippen MR) is 129 cm³/mol. The van der Waals surface area contributed by atoms with Crippen molar-refractivity contribution in [3.05, 3.63) is 71.8 Å². The fourth-order valence-electron chi connectivity index (χ4n) is 3.02. The molecule has 2 N–H and O–H groups in total. The predicted octanol–water partition coefficient (Wildman–Crippen LogP) is 1.61. The van der Waals surface area contributed by atoms with Gasteiger partial charge in [0.05, 0.1) is 11.5 Å². The molecule has 2 aromatic carbocycles. The fourth-order valence-corrected chi connectivity index (χ4v) is 3.66. The van der Waals surface area contributed by atoms with Crippen molar-refractivity contribution < 1.29 is 19.2 Å². The molecule has 0 aliphatic carbocycles. The molecule has 176 valence electrons. The van der Waals surface area contributed by atoms with Gasteiger partial charge in [0.2, 0.25) is 23.6 Å². The lowest BCUT2D eigenvalue weighted by molar-refractivity contribution is -0.134. The number of benzene rings is 2. The molecule has 2 unspecified atom stereocenters. The van der Waals surface area contributed by atoms with Crippen molar-refractivity contribution in [1.82, 2.24) is 20.4 Å². The standard InChI is InChI=1S/C24H30N4O4S/c1-27(2)23(31)21(17-11-7-5-8-12-17)25-19(29)15-33-16-20(30)26-22(24(32)28(3)4)18-13-9-6-10-14-18/h5-14,21-22H,15-16H2,1-4H3,(H,25,29)(H,26,30). The van der Waals surface area contributed by atoms with Crippen LogP contribution in [0.3, 0.4) is 0 Å². The molecule has 8 nitrogen and oxygen atoms in total. The average Bonchev–Trinajstić information content (AvgIpc) is 2.81. The summed E-state index contributed by atoms with van der Waals surface area (Å²) in [6.07, 6.45) is 0. The van der Waals surface area contributed by atoms with Crippen LogP contribution in [0, 0.1) is 0 Å². The molecule has 2 atom stereocenters. The molecule has 2 aromatic rings. The molecule has 2 rings (SSSR count). The van der Waals surface area contributed by atoms with E-state index < -0.39 is 12.1 Å². The Labute approximate surface area is 198 Å². The van der Waals surface area contributed by atoms with Gasteiger partial charge >= 0.3 is 0 Å². The minimum atomic E-state index is -0.802. The zero-order valence-electron chi connectivity index (χ0n) is 19.3. The van der Waals surface area contributed by atoms with Gasteiger partial charge in [-0.05, 0) is 11.1 Å². The number of thioether (sulfide) groups is 1. The van der Waals surface area contributed by atoms with Crippen LogP contribution in [0.25, 0.3) is 0 Å². The normalized spacial score (nSPS) is 12.2. The van der Waals surface area contributed by atoms with Crippen molar-refractivity contribution >= 4 is 35.4 Å². The maximum atomic E-state index is 12.5. The van der Waals surface area contributed by atoms with Crippen LogP contribution in [-0.4, -0.2) is 73.1 Å². The Kier molecular flexibility index (Phi) is 9.93. The van der Waals surface area contributed by atoms with Crippen LogP contribution in [0.2, 0.25) is 0 Å². The Morgan fingerprint density at radius 1 is 0.667 bits per heavy atom. The maximum absolute atomic E-state index is 12.5. The van der Waals surface area contributed by atoms with Crippen LogP contribution in [-0.2, 0) is 19.2 Å². The number of rotatable bonds is 10. The summed E-state index contributed by atoms with van der Waals surface area (Å²) in [4.78, 5) is 52.9. The van der Waals surface area contributed by atoms with Crippen LogP contribution in [0.5, 0.6) is 0 Å². The van der Waals surface area contributed by atoms with E-state index in [1.54, 1.807) is 76.7 Å². The summed E-state index contributed by atoms with van der Waals surface area (Å²) in [5, 5.41) is 5.49. The van der Waals surface area contributed by atoms with Gasteiger partial charge < -0.3 is 20.4 Å². The number of nitrogens with one attached hydrogen (secondary N) is 2. The van der Waals surface area contributed by atoms with Crippen LogP contribution in [0.1, 0.15) is 23.2 Å². The Morgan fingerprint density at radius 3 is 1.30 bits per heavy atom. The lowest BCUT2D eigenvalue weighted by Crippen LogP contribution is -2.41. The molecule has 0 aromatic heterocycles. The van der Waals surface area contributed by atoms with Crippen molar-refractivity contribution in [3.63, 3.8) is 0 Å². The van der Waals surface area contributed by atoms with Crippen LogP contribution in [0.4, 0.5) is 0 Å². The first-order valence-corrected chi connectivity index (χ1v) is 11.5. The Morgan fingerprint density at radius 2 is 1.00 bits per heavy atom. The molecule has 9 heteroatoms. The molecule has 33 heavy (non-hydrogen) atoms. The molecule has 0 saturated heterocycles. The Hall–Kier alpha value is -3.33. The van der Waals surface area contributed by atoms with E-state index in [-0.39, 0.29) is 35.1 Å². The second-order valence-corrected chi connectivity index (χ2v) is 8.77. The monoisotopic (exact) mass is 470 g/mol. The maximum Gasteiger partial charge on any atom is 0.249 e. The molecule has 0 aliphatic heterocycles. The first kappa shape index (κ1) is 25.9. The van der Waals surface area contributed by atoms with E-state index in [1.165, 1.54) is 9.80 Å². The first-order valence-electron chi connectivity index (χ1n) is 10.4. The molecular weight excluding hydrogens is 440 g/mol. The van der Waals surface area contributed by atoms with E-state index in [4.69, 9.17) is 0 Å². The molecule has 0 bridgehead atoms. The summed E-state index contributed by atoms with van der Waals surface area (Å²) >= 11 is 1.11. The van der Waals surface area contributed by atoms with Gasteiger partial charge in [0.25, 0.3) is 0 Å². The first-order chi connectivity index (χ1) is 15.7. The number of hydrogen-bond acceptors (Lipinski definition) is 5. The zero-order valence-corrected chi connectivity index (χ0v) is 20.1. The largest absolute Gasteiger partial charge is 0.347 e. The van der Waals surface area contributed by atoms with Gasteiger partial charge in [0.1, 0.15) is 12.1 Å². The summed E-state index contributed by atoms with van der Waals surface area (Å²) in [7, 11) is 6.51. The molecule has 0 heterocycles. The van der Waals surface area contributed by atoms with Crippen LogP contribution >= 0.6 is 11.8 Å². The van der Waals surface area contributed by atoms with E-state index in [2.05, 4.69) is 10.6 Å². The van der Waals surface area contributed by atoms with E-state index >= 15 is 0 Å². The molecule has 0 aliphatic rings. The third-order valence-corrected chi connectivity index (χ3v) is 5.65. The highest BCUT2D eigenvalue weighted by Gasteiger charge is 2.25. The van der Waals surface area contributed by atoms with Gasteiger partial charge in [-0.2, -0.15) is 0 Å². The molecular formula is C24H30N4O4S. The van der Waals surface area contributed by atoms with Crippen molar-refractivity contribution in [2.45, 2.75) is 12.1 Å². The van der Waals surface area contributed by atoms with E-state index in [0.717, 1.165) is 11.8 Å². The van der Waals surface area contributed by atoms with Crippen molar-refractivity contribution in [2.24, 2.45) is 0 Å². The second kappa shape index (κ2) is 12.6. The van der Waals surface area contributed by atoms with Gasteiger partial charge in [-0.15, -0.1) is 11.8 Å². The van der Waals surface area contributed by atoms with Crippen LogP contribution in [0.15, 0.2) is 60.7 Å². The summed E-state index contributed by atoms with van der Waals surface area (Å²) in [5.74, 6) is -1.22. The van der Waals surface area contributed by atoms with Gasteiger partial charge in [-0.3, -0.25) is 19.2 Å². The van der Waals surface area contributed by atoms with Crippen LogP contribution < -0.4 is 10.6 Å². The topological polar surface area (TPSA) is 98.8 Å². The third kappa shape index (κ3) is 7.94. The molecule has 4 amide bonds. The van der Waals surface area contributed by atoms with Crippen molar-refractivity contribution in [2.75, 3.05) is 39.7 Å². The quantitative estimate of drug-likeness (QED) is 0.550. The highest BCUT2D eigenvalue weighted by Crippen LogP contribution is 2.17. The molecule has 0 radical (unpaired) electrons. The second-order valence-electron chi connectivity index (χ2n) is 7.78. The SMILES string of the molecule is CN(C)C(=O)C(NC(=O)CSCC(=O)NC(C(=O)N(C)C)c1ccccc1)c1ccccc1. The summed E-state index contributed by atoms with van der Waals surface area (Å²) in [5.41, 5.74) is 1.36. The van der Waals surface area contributed by atoms with E-state index in [0.29, 0.717) is 11.1 Å². The van der Waals surface area contributed by atoms with Gasteiger partial charge in [-0.1, -0.05) is 60.7 Å². The third-order valence-electron chi connectivity index (χ3n) is 4.72. The highest BCUT2D eigenvalue weighted by atomic mass is 32.2. The molecule has 0 fully saturated rings. The van der Waals surface area contributed by atoms with E-state index in [9.17, 15) is 19.2 Å². The summed E-state index contributed by atoms with van der Waals surface area (Å²) in [6.45, 7) is 0. The van der Waals surface area contributed by atoms with Gasteiger partial charge in [0.15, 0.2) is 0 Å². The minimum absolute atomic E-state index is 0.00487. The van der Waals surface area contributed by atoms with Gasteiger partial charge in [-0.25, -0.2) is 0 Å². The lowest BCUT2D eigenvalue weighted by Gasteiger charge is -2.22. The number of carbonyl (C=O) groups is 4. The number of likely N-dealkylation sites (N-methyl/N-ethyl adjacent to an activating group) is 2. The minimum Gasteiger partial charge on any atom is -0.347 e. The smallest absolute Gasteiger partial charge is 0.249 e. The Bertz CT molecular complexity index is 874. The molecule has 0 saturated carbocycles. The van der Waals surface area contributed by atoms with Gasteiger partial charge in [0, 0.05) is 28.2 Å². The summed E-state index contributed by atoms with van der Waals surface area (Å²) in [6, 6.07) is 16.4. The number of nitrogens with zero attached hydrogens (tertiary/aromatic N) is 2. The number of hydrogen-bond donors (Lipinski definition) is 2. The zero-order chi connectivity index (χ0) is 24.4. The fraction of sp³-hybridized carbons (Fsp3) is 0.333. The van der Waals surface area contributed by atoms with Crippen molar-refractivity contribution in [1.29, 1.82) is 0 Å². The average molecular weight is 471 g/mol. The Balaban J connectivity index is 1.93. The highest BCUT2D eigenvalue weighted by molar-refractivity contribution is 8.00. The van der Waals surface area contributed by atoms with E-state index in [1.807, 2.05) is 12.1 Å². The van der Waals surface area contributed by atoms with Crippen molar-refractivity contribution in [3.8, 4) is 0 Å². The molecule has 0 spiro atoms. The summed E-state index contributed by atoms with van der Waals surface area (Å²) < 4.78 is 0. The number of amides is 4. The number of carbonyl (C=O) groups excluding carboxylic acids is 4. The lowest BCUT2D eigenvalue weighted by atomic mass is 10.1.